The van der Waals surface area contributed by atoms with Crippen molar-refractivity contribution in [3.63, 3.8) is 0 Å². The minimum absolute atomic E-state index is 0.0138. The second-order valence-electron chi connectivity index (χ2n) is 5.64. The Bertz CT molecular complexity index is 460. The lowest BCUT2D eigenvalue weighted by molar-refractivity contribution is -0.0865. The van der Waals surface area contributed by atoms with Crippen molar-refractivity contribution >= 4 is 17.1 Å². The maximum atomic E-state index is 12.6. The standard InChI is InChI=1S/C15H20O3S/c1-17-12-8-13(19-10-12)14(16)11-4-7-18-15(9-11)5-2-3-6-15/h8,10-11H,2-7,9H2,1H3. The average molecular weight is 280 g/mol. The molecule has 1 saturated carbocycles. The van der Waals surface area contributed by atoms with Crippen molar-refractivity contribution in [2.24, 2.45) is 5.92 Å². The van der Waals surface area contributed by atoms with Crippen LogP contribution in [0.1, 0.15) is 48.2 Å². The smallest absolute Gasteiger partial charge is 0.176 e. The summed E-state index contributed by atoms with van der Waals surface area (Å²) in [5.41, 5.74) is 0.0138. The summed E-state index contributed by atoms with van der Waals surface area (Å²) in [4.78, 5) is 13.4. The lowest BCUT2D eigenvalue weighted by Crippen LogP contribution is -2.39. The van der Waals surface area contributed by atoms with Crippen LogP contribution in [0.5, 0.6) is 5.75 Å². The SMILES string of the molecule is COc1csc(C(=O)C2CCOC3(CCCC3)C2)c1. The molecular formula is C15H20O3S. The number of ether oxygens (including phenoxy) is 2. The van der Waals surface area contributed by atoms with E-state index in [9.17, 15) is 4.79 Å². The van der Waals surface area contributed by atoms with Gasteiger partial charge in [0.25, 0.3) is 0 Å². The Labute approximate surface area is 117 Å². The third-order valence-corrected chi connectivity index (χ3v) is 5.36. The molecule has 1 aromatic rings. The van der Waals surface area contributed by atoms with Crippen molar-refractivity contribution in [2.75, 3.05) is 13.7 Å². The van der Waals surface area contributed by atoms with Crippen LogP contribution in [0.3, 0.4) is 0 Å². The maximum Gasteiger partial charge on any atom is 0.176 e. The Morgan fingerprint density at radius 3 is 2.95 bits per heavy atom. The number of rotatable bonds is 3. The van der Waals surface area contributed by atoms with Crippen molar-refractivity contribution in [1.82, 2.24) is 0 Å². The monoisotopic (exact) mass is 280 g/mol. The highest BCUT2D eigenvalue weighted by Gasteiger charge is 2.42. The average Bonchev–Trinajstić information content (AvgIpc) is 3.07. The quantitative estimate of drug-likeness (QED) is 0.792. The molecule has 3 rings (SSSR count). The Morgan fingerprint density at radius 1 is 1.47 bits per heavy atom. The third-order valence-electron chi connectivity index (χ3n) is 4.43. The molecule has 2 fully saturated rings. The van der Waals surface area contributed by atoms with E-state index >= 15 is 0 Å². The van der Waals surface area contributed by atoms with Gasteiger partial charge in [-0.05, 0) is 25.7 Å². The molecule has 0 bridgehead atoms. The van der Waals surface area contributed by atoms with E-state index in [4.69, 9.17) is 9.47 Å². The van der Waals surface area contributed by atoms with Gasteiger partial charge in [-0.15, -0.1) is 11.3 Å². The molecule has 1 aliphatic carbocycles. The molecule has 1 aromatic heterocycles. The van der Waals surface area contributed by atoms with Crippen LogP contribution in [0.4, 0.5) is 0 Å². The normalized spacial score (nSPS) is 25.6. The number of hydrogen-bond acceptors (Lipinski definition) is 4. The Morgan fingerprint density at radius 2 is 2.26 bits per heavy atom. The van der Waals surface area contributed by atoms with E-state index in [2.05, 4.69) is 0 Å². The molecule has 0 radical (unpaired) electrons. The zero-order valence-corrected chi connectivity index (χ0v) is 12.1. The molecule has 1 saturated heterocycles. The summed E-state index contributed by atoms with van der Waals surface area (Å²) < 4.78 is 11.2. The highest BCUT2D eigenvalue weighted by atomic mass is 32.1. The van der Waals surface area contributed by atoms with E-state index in [1.54, 1.807) is 7.11 Å². The van der Waals surface area contributed by atoms with Gasteiger partial charge < -0.3 is 9.47 Å². The third kappa shape index (κ3) is 2.56. The van der Waals surface area contributed by atoms with Gasteiger partial charge >= 0.3 is 0 Å². The van der Waals surface area contributed by atoms with Gasteiger partial charge in [0.15, 0.2) is 5.78 Å². The number of ketones is 1. The number of thiophene rings is 1. The van der Waals surface area contributed by atoms with Crippen LogP contribution in [0.2, 0.25) is 0 Å². The first-order chi connectivity index (χ1) is 9.22. The Kier molecular flexibility index (Phi) is 3.63. The van der Waals surface area contributed by atoms with E-state index in [0.717, 1.165) is 42.9 Å². The van der Waals surface area contributed by atoms with Crippen LogP contribution in [0, 0.1) is 5.92 Å². The minimum atomic E-state index is 0.0138. The fraction of sp³-hybridized carbons (Fsp3) is 0.667. The number of methoxy groups -OCH3 is 1. The second kappa shape index (κ2) is 5.25. The molecule has 3 nitrogen and oxygen atoms in total. The first kappa shape index (κ1) is 13.1. The van der Waals surface area contributed by atoms with Gasteiger partial charge in [-0.1, -0.05) is 12.8 Å². The predicted molar refractivity (Wildman–Crippen MR) is 75.1 cm³/mol. The van der Waals surface area contributed by atoms with Crippen LogP contribution in [0.15, 0.2) is 11.4 Å². The molecule has 104 valence electrons. The zero-order valence-electron chi connectivity index (χ0n) is 11.3. The molecule has 1 aliphatic heterocycles. The van der Waals surface area contributed by atoms with Crippen LogP contribution in [0.25, 0.3) is 0 Å². The summed E-state index contributed by atoms with van der Waals surface area (Å²) in [6, 6.07) is 1.86. The fourth-order valence-corrected chi connectivity index (χ4v) is 4.25. The number of hydrogen-bond donors (Lipinski definition) is 0. The van der Waals surface area contributed by atoms with Crippen molar-refractivity contribution < 1.29 is 14.3 Å². The molecule has 2 aliphatic rings. The van der Waals surface area contributed by atoms with E-state index in [0.29, 0.717) is 0 Å². The van der Waals surface area contributed by atoms with Gasteiger partial charge in [-0.25, -0.2) is 0 Å². The van der Waals surface area contributed by atoms with Crippen molar-refractivity contribution in [1.29, 1.82) is 0 Å². The van der Waals surface area contributed by atoms with Gasteiger partial charge in [0.1, 0.15) is 5.75 Å². The van der Waals surface area contributed by atoms with Gasteiger partial charge in [-0.2, -0.15) is 0 Å². The molecule has 4 heteroatoms. The van der Waals surface area contributed by atoms with Crippen molar-refractivity contribution in [2.45, 2.75) is 44.1 Å². The van der Waals surface area contributed by atoms with Gasteiger partial charge in [0, 0.05) is 24.0 Å². The van der Waals surface area contributed by atoms with E-state index in [-0.39, 0.29) is 17.3 Å². The summed E-state index contributed by atoms with van der Waals surface area (Å²) in [5.74, 6) is 1.20. The van der Waals surface area contributed by atoms with Crippen LogP contribution in [-0.2, 0) is 4.74 Å². The first-order valence-electron chi connectivity index (χ1n) is 7.03. The molecule has 0 aromatic carbocycles. The largest absolute Gasteiger partial charge is 0.496 e. The number of Topliss-reactive ketones (excluding diaryl/α,β-unsaturated/α-hetero) is 1. The summed E-state index contributed by atoms with van der Waals surface area (Å²) in [5, 5.41) is 1.90. The maximum absolute atomic E-state index is 12.6. The van der Waals surface area contributed by atoms with Crippen LogP contribution < -0.4 is 4.74 Å². The minimum Gasteiger partial charge on any atom is -0.496 e. The van der Waals surface area contributed by atoms with Crippen LogP contribution in [-0.4, -0.2) is 25.1 Å². The Balaban J connectivity index is 1.72. The van der Waals surface area contributed by atoms with Crippen molar-refractivity contribution in [3.05, 3.63) is 16.3 Å². The fourth-order valence-electron chi connectivity index (χ4n) is 3.38. The molecule has 0 N–H and O–H groups in total. The van der Waals surface area contributed by atoms with Gasteiger partial charge in [0.2, 0.25) is 0 Å². The van der Waals surface area contributed by atoms with E-state index < -0.39 is 0 Å². The predicted octanol–water partition coefficient (Wildman–Crippen LogP) is 3.68. The summed E-state index contributed by atoms with van der Waals surface area (Å²) in [6.45, 7) is 0.735. The molecule has 1 atom stereocenters. The lowest BCUT2D eigenvalue weighted by Gasteiger charge is -2.37. The molecule has 19 heavy (non-hydrogen) atoms. The molecular weight excluding hydrogens is 260 g/mol. The highest BCUT2D eigenvalue weighted by Crippen LogP contribution is 2.43. The summed E-state index contributed by atoms with van der Waals surface area (Å²) >= 11 is 1.49. The molecule has 2 heterocycles. The van der Waals surface area contributed by atoms with Crippen molar-refractivity contribution in [3.8, 4) is 5.75 Å². The number of carbonyl (C=O) groups is 1. The van der Waals surface area contributed by atoms with E-state index in [1.807, 2.05) is 11.4 Å². The van der Waals surface area contributed by atoms with Gasteiger partial charge in [0.05, 0.1) is 17.6 Å². The molecule has 1 spiro atoms. The topological polar surface area (TPSA) is 35.5 Å². The lowest BCUT2D eigenvalue weighted by atomic mass is 9.82. The summed E-state index contributed by atoms with van der Waals surface area (Å²) in [6.07, 6.45) is 6.52. The number of carbonyl (C=O) groups excluding carboxylic acids is 1. The highest BCUT2D eigenvalue weighted by molar-refractivity contribution is 7.12. The summed E-state index contributed by atoms with van der Waals surface area (Å²) in [7, 11) is 1.64. The van der Waals surface area contributed by atoms with E-state index in [1.165, 1.54) is 24.2 Å². The molecule has 0 amide bonds. The van der Waals surface area contributed by atoms with Gasteiger partial charge in [-0.3, -0.25) is 4.79 Å². The zero-order chi connectivity index (χ0) is 13.3. The van der Waals surface area contributed by atoms with Crippen LogP contribution >= 0.6 is 11.3 Å². The second-order valence-corrected chi connectivity index (χ2v) is 6.55. The first-order valence-corrected chi connectivity index (χ1v) is 7.91. The molecule has 1 unspecified atom stereocenters. The Hall–Kier alpha value is -0.870.